The zero-order valence-electron chi connectivity index (χ0n) is 11.1. The summed E-state index contributed by atoms with van der Waals surface area (Å²) in [6, 6.07) is 6.32. The topological polar surface area (TPSA) is 41.4 Å². The minimum atomic E-state index is 0.0345. The van der Waals surface area contributed by atoms with Gasteiger partial charge in [-0.05, 0) is 17.2 Å². The summed E-state index contributed by atoms with van der Waals surface area (Å²) >= 11 is 0. The second-order valence-electron chi connectivity index (χ2n) is 4.90. The summed E-state index contributed by atoms with van der Waals surface area (Å²) < 4.78 is 2.01. The standard InChI is InChI=1S/C14H16N4O/c1-16-9-12-4-3-11(8-18-6-5-15-10-18)7-13(12)17(2)14(16)19/h3-7,10H,8-9H2,1-2H3. The SMILES string of the molecule is CN1Cc2ccc(Cn3ccnc3)cc2N(C)C1=O. The van der Waals surface area contributed by atoms with Gasteiger partial charge in [0, 0.05) is 39.6 Å². The number of nitrogens with zero attached hydrogens (tertiary/aromatic N) is 4. The maximum absolute atomic E-state index is 12.0. The van der Waals surface area contributed by atoms with E-state index < -0.39 is 0 Å². The zero-order valence-corrected chi connectivity index (χ0v) is 11.1. The van der Waals surface area contributed by atoms with E-state index in [1.54, 1.807) is 22.3 Å². The fourth-order valence-corrected chi connectivity index (χ4v) is 2.43. The fourth-order valence-electron chi connectivity index (χ4n) is 2.43. The van der Waals surface area contributed by atoms with Crippen molar-refractivity contribution >= 4 is 11.7 Å². The van der Waals surface area contributed by atoms with Crippen LogP contribution in [0.15, 0.2) is 36.9 Å². The van der Waals surface area contributed by atoms with Gasteiger partial charge >= 0.3 is 6.03 Å². The van der Waals surface area contributed by atoms with Crippen molar-refractivity contribution in [2.45, 2.75) is 13.1 Å². The van der Waals surface area contributed by atoms with Gasteiger partial charge in [-0.1, -0.05) is 12.1 Å². The van der Waals surface area contributed by atoms with E-state index in [2.05, 4.69) is 23.2 Å². The Hall–Kier alpha value is -2.30. The van der Waals surface area contributed by atoms with Crippen molar-refractivity contribution in [1.82, 2.24) is 14.5 Å². The molecule has 0 bridgehead atoms. The van der Waals surface area contributed by atoms with Gasteiger partial charge in [0.25, 0.3) is 0 Å². The van der Waals surface area contributed by atoms with Gasteiger partial charge in [0.15, 0.2) is 0 Å². The molecule has 0 unspecified atom stereocenters. The van der Waals surface area contributed by atoms with Crippen LogP contribution in [0.4, 0.5) is 10.5 Å². The number of fused-ring (bicyclic) bond motifs is 1. The second-order valence-corrected chi connectivity index (χ2v) is 4.90. The van der Waals surface area contributed by atoms with Crippen LogP contribution in [0.1, 0.15) is 11.1 Å². The monoisotopic (exact) mass is 256 g/mol. The molecule has 1 aliphatic heterocycles. The molecule has 0 atom stereocenters. The lowest BCUT2D eigenvalue weighted by molar-refractivity contribution is 0.212. The Kier molecular flexibility index (Phi) is 2.74. The second kappa shape index (κ2) is 4.42. The van der Waals surface area contributed by atoms with Crippen LogP contribution in [0, 0.1) is 0 Å². The molecular weight excluding hydrogens is 240 g/mol. The first-order valence-corrected chi connectivity index (χ1v) is 6.21. The first-order valence-electron chi connectivity index (χ1n) is 6.21. The molecule has 1 aromatic heterocycles. The molecule has 0 fully saturated rings. The highest BCUT2D eigenvalue weighted by Crippen LogP contribution is 2.28. The summed E-state index contributed by atoms with van der Waals surface area (Å²) in [4.78, 5) is 19.4. The molecule has 0 saturated heterocycles. The summed E-state index contributed by atoms with van der Waals surface area (Å²) in [7, 11) is 3.64. The van der Waals surface area contributed by atoms with Crippen LogP contribution in [0.25, 0.3) is 0 Å². The van der Waals surface area contributed by atoms with Gasteiger partial charge in [0.2, 0.25) is 0 Å². The van der Waals surface area contributed by atoms with Crippen LogP contribution in [0.5, 0.6) is 0 Å². The van der Waals surface area contributed by atoms with Crippen LogP contribution >= 0.6 is 0 Å². The Balaban J connectivity index is 1.93. The first-order chi connectivity index (χ1) is 9.15. The van der Waals surface area contributed by atoms with Crippen LogP contribution < -0.4 is 4.90 Å². The van der Waals surface area contributed by atoms with Gasteiger partial charge in [-0.3, -0.25) is 4.90 Å². The molecule has 0 radical (unpaired) electrons. The minimum Gasteiger partial charge on any atom is -0.333 e. The predicted octanol–water partition coefficient (Wildman–Crippen LogP) is 1.93. The number of rotatable bonds is 2. The summed E-state index contributed by atoms with van der Waals surface area (Å²) in [5.74, 6) is 0. The molecule has 19 heavy (non-hydrogen) atoms. The fraction of sp³-hybridized carbons (Fsp3) is 0.286. The largest absolute Gasteiger partial charge is 0.333 e. The Morgan fingerprint density at radius 2 is 2.16 bits per heavy atom. The molecule has 98 valence electrons. The number of carbonyl (C=O) groups is 1. The molecule has 0 spiro atoms. The molecule has 5 heteroatoms. The van der Waals surface area contributed by atoms with Crippen molar-refractivity contribution in [2.75, 3.05) is 19.0 Å². The highest BCUT2D eigenvalue weighted by molar-refractivity contribution is 5.94. The molecule has 0 N–H and O–H groups in total. The Morgan fingerprint density at radius 3 is 2.89 bits per heavy atom. The quantitative estimate of drug-likeness (QED) is 0.824. The summed E-state index contributed by atoms with van der Waals surface area (Å²) in [5, 5.41) is 0. The number of hydrogen-bond donors (Lipinski definition) is 0. The Bertz CT molecular complexity index is 606. The smallest absolute Gasteiger partial charge is 0.324 e. The van der Waals surface area contributed by atoms with Crippen LogP contribution in [-0.4, -0.2) is 34.6 Å². The molecule has 2 amide bonds. The van der Waals surface area contributed by atoms with Crippen molar-refractivity contribution in [1.29, 1.82) is 0 Å². The summed E-state index contributed by atoms with van der Waals surface area (Å²) in [5.41, 5.74) is 3.35. The molecule has 2 aromatic rings. The average Bonchev–Trinajstić information content (AvgIpc) is 2.90. The third-order valence-corrected chi connectivity index (χ3v) is 3.46. The Morgan fingerprint density at radius 1 is 1.32 bits per heavy atom. The van der Waals surface area contributed by atoms with Gasteiger partial charge < -0.3 is 9.47 Å². The van der Waals surface area contributed by atoms with Crippen molar-refractivity contribution < 1.29 is 4.79 Å². The molecule has 0 aliphatic carbocycles. The highest BCUT2D eigenvalue weighted by Gasteiger charge is 2.24. The van der Waals surface area contributed by atoms with Gasteiger partial charge in [0.05, 0.1) is 12.0 Å². The zero-order chi connectivity index (χ0) is 13.4. The molecule has 0 saturated carbocycles. The normalized spacial score (nSPS) is 14.7. The van der Waals surface area contributed by atoms with E-state index in [1.165, 1.54) is 11.1 Å². The molecule has 1 aromatic carbocycles. The maximum atomic E-state index is 12.0. The van der Waals surface area contributed by atoms with Crippen LogP contribution in [0.3, 0.4) is 0 Å². The van der Waals surface area contributed by atoms with Crippen LogP contribution in [0.2, 0.25) is 0 Å². The first kappa shape index (κ1) is 11.8. The predicted molar refractivity (Wildman–Crippen MR) is 73.0 cm³/mol. The third kappa shape index (κ3) is 2.07. The van der Waals surface area contributed by atoms with Crippen molar-refractivity contribution in [3.63, 3.8) is 0 Å². The minimum absolute atomic E-state index is 0.0345. The van der Waals surface area contributed by atoms with Gasteiger partial charge in [-0.25, -0.2) is 9.78 Å². The van der Waals surface area contributed by atoms with Gasteiger partial charge in [-0.2, -0.15) is 0 Å². The maximum Gasteiger partial charge on any atom is 0.324 e. The summed E-state index contributed by atoms with van der Waals surface area (Å²) in [6.07, 6.45) is 5.49. The number of amides is 2. The number of carbonyl (C=O) groups excluding carboxylic acids is 1. The number of hydrogen-bond acceptors (Lipinski definition) is 2. The van der Waals surface area contributed by atoms with E-state index in [-0.39, 0.29) is 6.03 Å². The van der Waals surface area contributed by atoms with Gasteiger partial charge in [-0.15, -0.1) is 0 Å². The lowest BCUT2D eigenvalue weighted by Gasteiger charge is -2.33. The third-order valence-electron chi connectivity index (χ3n) is 3.46. The Labute approximate surface area is 112 Å². The van der Waals surface area contributed by atoms with Gasteiger partial charge in [0.1, 0.15) is 0 Å². The van der Waals surface area contributed by atoms with Crippen molar-refractivity contribution in [2.24, 2.45) is 0 Å². The molecule has 2 heterocycles. The van der Waals surface area contributed by atoms with E-state index in [1.807, 2.05) is 24.9 Å². The van der Waals surface area contributed by atoms with E-state index in [0.29, 0.717) is 6.54 Å². The van der Waals surface area contributed by atoms with Crippen LogP contribution in [-0.2, 0) is 13.1 Å². The van der Waals surface area contributed by atoms with E-state index in [9.17, 15) is 4.79 Å². The highest BCUT2D eigenvalue weighted by atomic mass is 16.2. The lowest BCUT2D eigenvalue weighted by atomic mass is 10.1. The van der Waals surface area contributed by atoms with E-state index >= 15 is 0 Å². The molecular formula is C14H16N4O. The number of imidazole rings is 1. The lowest BCUT2D eigenvalue weighted by Crippen LogP contribution is -2.42. The number of aromatic nitrogens is 2. The van der Waals surface area contributed by atoms with E-state index in [4.69, 9.17) is 0 Å². The van der Waals surface area contributed by atoms with Crippen molar-refractivity contribution in [3.05, 3.63) is 48.0 Å². The summed E-state index contributed by atoms with van der Waals surface area (Å²) in [6.45, 7) is 1.44. The number of anilines is 1. The number of benzene rings is 1. The van der Waals surface area contributed by atoms with E-state index in [0.717, 1.165) is 12.2 Å². The average molecular weight is 256 g/mol. The molecule has 5 nitrogen and oxygen atoms in total. The number of urea groups is 1. The molecule has 1 aliphatic rings. The molecule has 3 rings (SSSR count). The van der Waals surface area contributed by atoms with Crippen molar-refractivity contribution in [3.8, 4) is 0 Å².